The molecule has 0 bridgehead atoms. The summed E-state index contributed by atoms with van der Waals surface area (Å²) in [6.07, 6.45) is 0. The first kappa shape index (κ1) is 14.8. The van der Waals surface area contributed by atoms with Crippen LogP contribution in [-0.4, -0.2) is 11.1 Å². The van der Waals surface area contributed by atoms with Gasteiger partial charge in [-0.1, -0.05) is 40.9 Å². The molecule has 0 atom stereocenters. The molecular formula is C13H9Cl3N2O2. The Morgan fingerprint density at radius 3 is 2.50 bits per heavy atom. The molecular weight excluding hydrogens is 323 g/mol. The number of nitrogens with two attached hydrogens (primary N) is 1. The van der Waals surface area contributed by atoms with Crippen LogP contribution in [0.25, 0.3) is 0 Å². The van der Waals surface area contributed by atoms with Gasteiger partial charge in [0.15, 0.2) is 0 Å². The van der Waals surface area contributed by atoms with E-state index in [2.05, 4.69) is 5.32 Å². The molecule has 0 fully saturated rings. The summed E-state index contributed by atoms with van der Waals surface area (Å²) in [6.45, 7) is 0. The van der Waals surface area contributed by atoms with Gasteiger partial charge in [-0.25, -0.2) is 4.79 Å². The number of nitrogen functional groups attached to an aromatic ring is 1. The summed E-state index contributed by atoms with van der Waals surface area (Å²) in [5, 5.41) is 12.9. The van der Waals surface area contributed by atoms with Gasteiger partial charge in [0.2, 0.25) is 0 Å². The molecule has 0 amide bonds. The first-order chi connectivity index (χ1) is 9.40. The molecule has 0 saturated carbocycles. The molecule has 0 heterocycles. The van der Waals surface area contributed by atoms with Crippen molar-refractivity contribution in [1.82, 2.24) is 0 Å². The van der Waals surface area contributed by atoms with Crippen molar-refractivity contribution in [2.75, 3.05) is 11.1 Å². The average Bonchev–Trinajstić information content (AvgIpc) is 2.37. The molecule has 0 aliphatic rings. The van der Waals surface area contributed by atoms with E-state index < -0.39 is 5.97 Å². The second-order valence-corrected chi connectivity index (χ2v) is 5.15. The number of benzene rings is 2. The van der Waals surface area contributed by atoms with E-state index in [0.29, 0.717) is 10.7 Å². The molecule has 0 spiro atoms. The number of hydrogen-bond acceptors (Lipinski definition) is 3. The second kappa shape index (κ2) is 5.79. The van der Waals surface area contributed by atoms with Gasteiger partial charge in [0.05, 0.1) is 32.0 Å². The number of aromatic carboxylic acids is 1. The van der Waals surface area contributed by atoms with Crippen LogP contribution in [0.5, 0.6) is 0 Å². The number of carbonyl (C=O) groups is 1. The summed E-state index contributed by atoms with van der Waals surface area (Å²) in [5.74, 6) is -1.15. The van der Waals surface area contributed by atoms with Crippen molar-refractivity contribution in [3.63, 3.8) is 0 Å². The summed E-state index contributed by atoms with van der Waals surface area (Å²) in [6, 6.07) is 7.73. The van der Waals surface area contributed by atoms with E-state index in [1.54, 1.807) is 18.2 Å². The van der Waals surface area contributed by atoms with Crippen LogP contribution in [-0.2, 0) is 0 Å². The Labute approximate surface area is 130 Å². The minimum absolute atomic E-state index is 0.0500. The van der Waals surface area contributed by atoms with Crippen molar-refractivity contribution >= 4 is 57.8 Å². The van der Waals surface area contributed by atoms with Crippen LogP contribution >= 0.6 is 34.8 Å². The van der Waals surface area contributed by atoms with Crippen molar-refractivity contribution in [3.05, 3.63) is 51.0 Å². The Kier molecular flexibility index (Phi) is 4.28. The average molecular weight is 332 g/mol. The molecule has 7 heteroatoms. The maximum absolute atomic E-state index is 11.3. The van der Waals surface area contributed by atoms with Crippen LogP contribution in [0.2, 0.25) is 15.1 Å². The van der Waals surface area contributed by atoms with Gasteiger partial charge >= 0.3 is 5.97 Å². The Morgan fingerprint density at radius 1 is 1.15 bits per heavy atom. The summed E-state index contributed by atoms with van der Waals surface area (Å²) >= 11 is 18.0. The Hall–Kier alpha value is -1.62. The first-order valence-corrected chi connectivity index (χ1v) is 6.57. The van der Waals surface area contributed by atoms with E-state index in [-0.39, 0.29) is 27.0 Å². The second-order valence-electron chi connectivity index (χ2n) is 3.96. The zero-order valence-electron chi connectivity index (χ0n) is 9.95. The molecule has 0 radical (unpaired) electrons. The predicted molar refractivity (Wildman–Crippen MR) is 82.6 cm³/mol. The quantitative estimate of drug-likeness (QED) is 0.714. The molecule has 2 aromatic carbocycles. The van der Waals surface area contributed by atoms with Crippen molar-refractivity contribution in [2.45, 2.75) is 0 Å². The molecule has 0 aromatic heterocycles. The van der Waals surface area contributed by atoms with Crippen molar-refractivity contribution in [2.24, 2.45) is 0 Å². The maximum Gasteiger partial charge on any atom is 0.337 e. The Balaban J connectivity index is 2.53. The van der Waals surface area contributed by atoms with Crippen LogP contribution in [0.4, 0.5) is 17.1 Å². The van der Waals surface area contributed by atoms with E-state index >= 15 is 0 Å². The van der Waals surface area contributed by atoms with Gasteiger partial charge in [0.1, 0.15) is 0 Å². The molecule has 2 rings (SSSR count). The number of anilines is 3. The van der Waals surface area contributed by atoms with Crippen LogP contribution in [0.3, 0.4) is 0 Å². The highest BCUT2D eigenvalue weighted by Gasteiger charge is 2.16. The fourth-order valence-corrected chi connectivity index (χ4v) is 2.28. The standard InChI is InChI=1S/C13H9Cl3N2O2/c14-8-2-1-3-10(11(8)16)18-12-7(13(19)20)4-6(17)5-9(12)15/h1-5,18H,17H2,(H,19,20). The van der Waals surface area contributed by atoms with Gasteiger partial charge in [-0.15, -0.1) is 0 Å². The summed E-state index contributed by atoms with van der Waals surface area (Å²) in [4.78, 5) is 11.3. The van der Waals surface area contributed by atoms with Gasteiger partial charge in [-0.05, 0) is 24.3 Å². The summed E-state index contributed by atoms with van der Waals surface area (Å²) in [7, 11) is 0. The fraction of sp³-hybridized carbons (Fsp3) is 0. The van der Waals surface area contributed by atoms with Crippen LogP contribution in [0.1, 0.15) is 10.4 Å². The van der Waals surface area contributed by atoms with E-state index in [0.717, 1.165) is 0 Å². The Morgan fingerprint density at radius 2 is 1.85 bits per heavy atom. The highest BCUT2D eigenvalue weighted by Crippen LogP contribution is 2.36. The predicted octanol–water partition coefficient (Wildman–Crippen LogP) is 4.67. The molecule has 0 aliphatic heterocycles. The fourth-order valence-electron chi connectivity index (χ4n) is 1.66. The number of halogens is 3. The number of carboxylic acid groups (broad SMARTS) is 1. The van der Waals surface area contributed by atoms with Gasteiger partial charge in [-0.2, -0.15) is 0 Å². The smallest absolute Gasteiger partial charge is 0.337 e. The number of nitrogens with one attached hydrogen (secondary N) is 1. The molecule has 2 aromatic rings. The Bertz CT molecular complexity index is 690. The largest absolute Gasteiger partial charge is 0.478 e. The van der Waals surface area contributed by atoms with Gasteiger partial charge in [0, 0.05) is 5.69 Å². The van der Waals surface area contributed by atoms with Gasteiger partial charge in [0.25, 0.3) is 0 Å². The lowest BCUT2D eigenvalue weighted by molar-refractivity contribution is 0.0698. The van der Waals surface area contributed by atoms with Crippen molar-refractivity contribution in [1.29, 1.82) is 0 Å². The van der Waals surface area contributed by atoms with Crippen LogP contribution < -0.4 is 11.1 Å². The van der Waals surface area contributed by atoms with Crippen molar-refractivity contribution < 1.29 is 9.90 Å². The molecule has 0 unspecified atom stereocenters. The molecule has 104 valence electrons. The van der Waals surface area contributed by atoms with Crippen LogP contribution in [0.15, 0.2) is 30.3 Å². The van der Waals surface area contributed by atoms with E-state index in [1.165, 1.54) is 12.1 Å². The lowest BCUT2D eigenvalue weighted by Crippen LogP contribution is -2.05. The monoisotopic (exact) mass is 330 g/mol. The third kappa shape index (κ3) is 2.93. The minimum Gasteiger partial charge on any atom is -0.478 e. The normalized spacial score (nSPS) is 10.3. The molecule has 0 aliphatic carbocycles. The van der Waals surface area contributed by atoms with E-state index in [9.17, 15) is 9.90 Å². The molecule has 20 heavy (non-hydrogen) atoms. The molecule has 0 saturated heterocycles. The SMILES string of the molecule is Nc1cc(Cl)c(Nc2cccc(Cl)c2Cl)c(C(=O)O)c1. The van der Waals surface area contributed by atoms with E-state index in [4.69, 9.17) is 40.5 Å². The van der Waals surface area contributed by atoms with Gasteiger partial charge in [-0.3, -0.25) is 0 Å². The highest BCUT2D eigenvalue weighted by molar-refractivity contribution is 6.44. The summed E-state index contributed by atoms with van der Waals surface area (Å²) < 4.78 is 0. The first-order valence-electron chi connectivity index (χ1n) is 5.43. The maximum atomic E-state index is 11.3. The summed E-state index contributed by atoms with van der Waals surface area (Å²) in [5.41, 5.74) is 6.46. The zero-order chi connectivity index (χ0) is 14.9. The third-order valence-corrected chi connectivity index (χ3v) is 3.67. The zero-order valence-corrected chi connectivity index (χ0v) is 12.2. The van der Waals surface area contributed by atoms with Crippen LogP contribution in [0, 0.1) is 0 Å². The number of hydrogen-bond donors (Lipinski definition) is 3. The van der Waals surface area contributed by atoms with Gasteiger partial charge < -0.3 is 16.2 Å². The minimum atomic E-state index is -1.15. The van der Waals surface area contributed by atoms with Crippen molar-refractivity contribution in [3.8, 4) is 0 Å². The third-order valence-electron chi connectivity index (χ3n) is 2.55. The lowest BCUT2D eigenvalue weighted by Gasteiger charge is -2.14. The van der Waals surface area contributed by atoms with E-state index in [1.807, 2.05) is 0 Å². The number of rotatable bonds is 3. The molecule has 4 N–H and O–H groups in total. The number of carboxylic acids is 1. The molecule has 4 nitrogen and oxygen atoms in total. The highest BCUT2D eigenvalue weighted by atomic mass is 35.5. The topological polar surface area (TPSA) is 75.3 Å². The lowest BCUT2D eigenvalue weighted by atomic mass is 10.1.